The summed E-state index contributed by atoms with van der Waals surface area (Å²) in [5.74, 6) is 0. The summed E-state index contributed by atoms with van der Waals surface area (Å²) in [4.78, 5) is 6.33. The van der Waals surface area contributed by atoms with Crippen LogP contribution in [0.15, 0.2) is 4.99 Å². The van der Waals surface area contributed by atoms with Gasteiger partial charge in [-0.1, -0.05) is 0 Å². The molecule has 0 aliphatic carbocycles. The average molecular weight is 112 g/mol. The molecule has 1 aliphatic heterocycles. The van der Waals surface area contributed by atoms with Crippen molar-refractivity contribution in [3.63, 3.8) is 0 Å². The van der Waals surface area contributed by atoms with Gasteiger partial charge in [0.1, 0.15) is 0 Å². The van der Waals surface area contributed by atoms with Crippen molar-refractivity contribution in [1.29, 1.82) is 0 Å². The summed E-state index contributed by atoms with van der Waals surface area (Å²) >= 11 is 0. The van der Waals surface area contributed by atoms with Gasteiger partial charge in [-0.05, 0) is 13.8 Å². The van der Waals surface area contributed by atoms with Crippen LogP contribution in [0.2, 0.25) is 0 Å². The molecule has 0 bridgehead atoms. The highest BCUT2D eigenvalue weighted by Crippen LogP contribution is 2.08. The summed E-state index contributed by atoms with van der Waals surface area (Å²) < 4.78 is 0. The maximum absolute atomic E-state index is 4.20. The van der Waals surface area contributed by atoms with E-state index in [0.717, 1.165) is 0 Å². The Morgan fingerprint density at radius 2 is 2.12 bits per heavy atom. The lowest BCUT2D eigenvalue weighted by atomic mass is 10.2. The standard InChI is InChI=1S/C6H12N2/c1-5-6(2)8(3)4-7-5/h4-6H,1-3H3. The van der Waals surface area contributed by atoms with E-state index in [1.807, 2.05) is 6.34 Å². The average Bonchev–Trinajstić information content (AvgIpc) is 1.98. The number of hydrogen-bond acceptors (Lipinski definition) is 2. The van der Waals surface area contributed by atoms with E-state index in [2.05, 4.69) is 30.8 Å². The molecule has 0 spiro atoms. The zero-order chi connectivity index (χ0) is 6.15. The Balaban J connectivity index is 2.55. The summed E-state index contributed by atoms with van der Waals surface area (Å²) in [7, 11) is 2.05. The Labute approximate surface area is 50.2 Å². The van der Waals surface area contributed by atoms with Crippen LogP contribution in [0.25, 0.3) is 0 Å². The molecule has 2 heteroatoms. The molecule has 0 aromatic heterocycles. The molecule has 2 atom stereocenters. The zero-order valence-electron chi connectivity index (χ0n) is 5.63. The van der Waals surface area contributed by atoms with E-state index in [0.29, 0.717) is 12.1 Å². The minimum Gasteiger partial charge on any atom is -0.361 e. The van der Waals surface area contributed by atoms with Crippen LogP contribution in [0.5, 0.6) is 0 Å². The van der Waals surface area contributed by atoms with E-state index < -0.39 is 0 Å². The predicted molar refractivity (Wildman–Crippen MR) is 35.2 cm³/mol. The fourth-order valence-corrected chi connectivity index (χ4v) is 0.780. The number of nitrogens with zero attached hydrogens (tertiary/aromatic N) is 2. The van der Waals surface area contributed by atoms with Crippen molar-refractivity contribution in [2.75, 3.05) is 7.05 Å². The molecular formula is C6H12N2. The first-order chi connectivity index (χ1) is 3.72. The summed E-state index contributed by atoms with van der Waals surface area (Å²) in [5, 5.41) is 0. The maximum atomic E-state index is 4.20. The molecule has 0 saturated heterocycles. The fraction of sp³-hybridized carbons (Fsp3) is 0.833. The van der Waals surface area contributed by atoms with Crippen molar-refractivity contribution in [1.82, 2.24) is 4.90 Å². The summed E-state index contributed by atoms with van der Waals surface area (Å²) in [6.45, 7) is 4.31. The molecule has 0 N–H and O–H groups in total. The smallest absolute Gasteiger partial charge is 0.0854 e. The Hall–Kier alpha value is -0.530. The second kappa shape index (κ2) is 1.77. The van der Waals surface area contributed by atoms with E-state index in [4.69, 9.17) is 0 Å². The summed E-state index contributed by atoms with van der Waals surface area (Å²) in [6, 6.07) is 1.08. The van der Waals surface area contributed by atoms with Gasteiger partial charge >= 0.3 is 0 Å². The summed E-state index contributed by atoms with van der Waals surface area (Å²) in [6.07, 6.45) is 1.90. The van der Waals surface area contributed by atoms with Crippen molar-refractivity contribution in [2.24, 2.45) is 4.99 Å². The molecule has 1 heterocycles. The van der Waals surface area contributed by atoms with Gasteiger partial charge in [-0.15, -0.1) is 0 Å². The lowest BCUT2D eigenvalue weighted by Gasteiger charge is -2.16. The van der Waals surface area contributed by atoms with Crippen LogP contribution in [-0.4, -0.2) is 30.4 Å². The minimum atomic E-state index is 0.486. The van der Waals surface area contributed by atoms with E-state index in [-0.39, 0.29) is 0 Å². The van der Waals surface area contributed by atoms with Crippen molar-refractivity contribution >= 4 is 6.34 Å². The normalized spacial score (nSPS) is 36.6. The largest absolute Gasteiger partial charge is 0.361 e. The lowest BCUT2D eigenvalue weighted by molar-refractivity contribution is 0.393. The van der Waals surface area contributed by atoms with Crippen LogP contribution in [0.1, 0.15) is 13.8 Å². The Kier molecular flexibility index (Phi) is 1.24. The first-order valence-corrected chi connectivity index (χ1v) is 2.97. The topological polar surface area (TPSA) is 15.6 Å². The molecule has 0 saturated carbocycles. The van der Waals surface area contributed by atoms with Crippen molar-refractivity contribution in [3.05, 3.63) is 0 Å². The number of aliphatic imine (C=N–C) groups is 1. The summed E-state index contributed by atoms with van der Waals surface area (Å²) in [5.41, 5.74) is 0. The third-order valence-electron chi connectivity index (χ3n) is 1.82. The second-order valence-corrected chi connectivity index (χ2v) is 2.41. The highest BCUT2D eigenvalue weighted by Gasteiger charge is 2.18. The van der Waals surface area contributed by atoms with Gasteiger partial charge in [0.05, 0.1) is 12.4 Å². The lowest BCUT2D eigenvalue weighted by Crippen LogP contribution is -2.28. The highest BCUT2D eigenvalue weighted by atomic mass is 15.2. The van der Waals surface area contributed by atoms with Gasteiger partial charge in [0.25, 0.3) is 0 Å². The predicted octanol–water partition coefficient (Wildman–Crippen LogP) is 0.737. The van der Waals surface area contributed by atoms with Crippen LogP contribution in [0.4, 0.5) is 0 Å². The van der Waals surface area contributed by atoms with Crippen molar-refractivity contribution < 1.29 is 0 Å². The van der Waals surface area contributed by atoms with Gasteiger partial charge < -0.3 is 4.90 Å². The molecular weight excluding hydrogens is 100 g/mol. The van der Waals surface area contributed by atoms with E-state index >= 15 is 0 Å². The molecule has 1 aliphatic rings. The molecule has 2 nitrogen and oxygen atoms in total. The highest BCUT2D eigenvalue weighted by molar-refractivity contribution is 5.58. The van der Waals surface area contributed by atoms with Crippen LogP contribution >= 0.6 is 0 Å². The first-order valence-electron chi connectivity index (χ1n) is 2.97. The van der Waals surface area contributed by atoms with Crippen LogP contribution in [-0.2, 0) is 0 Å². The molecule has 8 heavy (non-hydrogen) atoms. The maximum Gasteiger partial charge on any atom is 0.0854 e. The van der Waals surface area contributed by atoms with Crippen molar-refractivity contribution in [3.8, 4) is 0 Å². The Morgan fingerprint density at radius 3 is 2.25 bits per heavy atom. The number of hydrogen-bond donors (Lipinski definition) is 0. The van der Waals surface area contributed by atoms with Crippen LogP contribution < -0.4 is 0 Å². The monoisotopic (exact) mass is 112 g/mol. The van der Waals surface area contributed by atoms with Crippen LogP contribution in [0, 0.1) is 0 Å². The zero-order valence-corrected chi connectivity index (χ0v) is 5.63. The Morgan fingerprint density at radius 1 is 1.50 bits per heavy atom. The first kappa shape index (κ1) is 5.60. The number of rotatable bonds is 0. The SMILES string of the molecule is CC1N=CN(C)C1C. The van der Waals surface area contributed by atoms with E-state index in [1.165, 1.54) is 0 Å². The van der Waals surface area contributed by atoms with Gasteiger partial charge in [0.15, 0.2) is 0 Å². The third kappa shape index (κ3) is 0.703. The molecule has 0 radical (unpaired) electrons. The van der Waals surface area contributed by atoms with Crippen molar-refractivity contribution in [2.45, 2.75) is 25.9 Å². The van der Waals surface area contributed by atoms with Gasteiger partial charge in [-0.2, -0.15) is 0 Å². The molecule has 0 aromatic rings. The Bertz CT molecular complexity index is 97.1. The van der Waals surface area contributed by atoms with Gasteiger partial charge in [0.2, 0.25) is 0 Å². The van der Waals surface area contributed by atoms with Crippen LogP contribution in [0.3, 0.4) is 0 Å². The van der Waals surface area contributed by atoms with E-state index in [1.54, 1.807) is 0 Å². The fourth-order valence-electron chi connectivity index (χ4n) is 0.780. The molecule has 0 amide bonds. The minimum absolute atomic E-state index is 0.486. The second-order valence-electron chi connectivity index (χ2n) is 2.41. The van der Waals surface area contributed by atoms with Gasteiger partial charge in [0, 0.05) is 13.1 Å². The molecule has 1 rings (SSSR count). The molecule has 2 unspecified atom stereocenters. The van der Waals surface area contributed by atoms with Gasteiger partial charge in [-0.3, -0.25) is 4.99 Å². The number of likely N-dealkylation sites (N-methyl/N-ethyl adjacent to an activating group) is 1. The third-order valence-corrected chi connectivity index (χ3v) is 1.82. The molecule has 46 valence electrons. The quantitative estimate of drug-likeness (QED) is 0.451. The molecule has 0 fully saturated rings. The van der Waals surface area contributed by atoms with E-state index in [9.17, 15) is 0 Å². The molecule has 0 aromatic carbocycles. The van der Waals surface area contributed by atoms with Gasteiger partial charge in [-0.25, -0.2) is 0 Å².